The van der Waals surface area contributed by atoms with Crippen molar-refractivity contribution in [2.75, 3.05) is 18.0 Å². The van der Waals surface area contributed by atoms with Crippen molar-refractivity contribution in [2.45, 2.75) is 18.9 Å². The standard InChI is InChI=1S/C20H20FN5O2/c1-25-19(27)11-18(17-7-8-22-13-23-17)24-20(25)28-16-6-3-9-26(12-16)15-5-2-4-14(21)10-15/h2,4-5,7-8,10-11,13,16H,3,6,9,12H2,1H3. The van der Waals surface area contributed by atoms with Crippen LogP contribution in [-0.4, -0.2) is 38.7 Å². The van der Waals surface area contributed by atoms with Crippen LogP contribution in [0.2, 0.25) is 0 Å². The molecule has 1 aliphatic heterocycles. The zero-order valence-electron chi connectivity index (χ0n) is 15.5. The lowest BCUT2D eigenvalue weighted by Gasteiger charge is -2.34. The average Bonchev–Trinajstić information content (AvgIpc) is 2.72. The average molecular weight is 381 g/mol. The highest BCUT2D eigenvalue weighted by molar-refractivity contribution is 5.52. The van der Waals surface area contributed by atoms with Gasteiger partial charge in [-0.1, -0.05) is 6.07 Å². The molecule has 7 nitrogen and oxygen atoms in total. The second kappa shape index (κ2) is 7.75. The third kappa shape index (κ3) is 3.85. The molecule has 8 heteroatoms. The van der Waals surface area contributed by atoms with Crippen LogP contribution < -0.4 is 15.2 Å². The van der Waals surface area contributed by atoms with Crippen LogP contribution in [-0.2, 0) is 7.05 Å². The minimum atomic E-state index is -0.262. The molecule has 0 N–H and O–H groups in total. The van der Waals surface area contributed by atoms with E-state index in [0.717, 1.165) is 25.1 Å². The number of rotatable bonds is 4. The Labute approximate surface area is 161 Å². The maximum absolute atomic E-state index is 13.6. The molecule has 28 heavy (non-hydrogen) atoms. The first kappa shape index (κ1) is 18.1. The first-order valence-electron chi connectivity index (χ1n) is 9.12. The number of hydrogen-bond acceptors (Lipinski definition) is 6. The molecular formula is C20H20FN5O2. The molecule has 4 rings (SSSR count). The van der Waals surface area contributed by atoms with E-state index in [4.69, 9.17) is 4.74 Å². The lowest BCUT2D eigenvalue weighted by atomic mass is 10.1. The molecule has 1 atom stereocenters. The van der Waals surface area contributed by atoms with Crippen LogP contribution in [0.3, 0.4) is 0 Å². The Hall–Kier alpha value is -3.29. The van der Waals surface area contributed by atoms with E-state index in [1.54, 1.807) is 25.4 Å². The van der Waals surface area contributed by atoms with E-state index in [1.165, 1.54) is 29.1 Å². The molecule has 0 amide bonds. The van der Waals surface area contributed by atoms with Crippen LogP contribution in [0.25, 0.3) is 11.4 Å². The van der Waals surface area contributed by atoms with Crippen molar-refractivity contribution in [3.05, 3.63) is 65.1 Å². The second-order valence-corrected chi connectivity index (χ2v) is 6.72. The monoisotopic (exact) mass is 381 g/mol. The Bertz CT molecular complexity index is 1020. The molecule has 1 fully saturated rings. The summed E-state index contributed by atoms with van der Waals surface area (Å²) in [7, 11) is 1.63. The molecule has 3 aromatic rings. The maximum atomic E-state index is 13.6. The van der Waals surface area contributed by atoms with Gasteiger partial charge < -0.3 is 9.64 Å². The number of piperidine rings is 1. The molecule has 1 unspecified atom stereocenters. The van der Waals surface area contributed by atoms with Crippen molar-refractivity contribution in [3.63, 3.8) is 0 Å². The van der Waals surface area contributed by atoms with Crippen LogP contribution in [0.5, 0.6) is 6.01 Å². The van der Waals surface area contributed by atoms with Crippen LogP contribution in [0.15, 0.2) is 53.7 Å². The first-order valence-corrected chi connectivity index (χ1v) is 9.12. The van der Waals surface area contributed by atoms with E-state index in [9.17, 15) is 9.18 Å². The Morgan fingerprint density at radius 3 is 2.89 bits per heavy atom. The third-order valence-electron chi connectivity index (χ3n) is 4.76. The van der Waals surface area contributed by atoms with Crippen molar-refractivity contribution in [1.82, 2.24) is 19.5 Å². The van der Waals surface area contributed by atoms with Crippen molar-refractivity contribution in [3.8, 4) is 17.4 Å². The highest BCUT2D eigenvalue weighted by Gasteiger charge is 2.23. The maximum Gasteiger partial charge on any atom is 0.299 e. The molecule has 0 saturated carbocycles. The van der Waals surface area contributed by atoms with Crippen molar-refractivity contribution >= 4 is 5.69 Å². The number of halogens is 1. The molecular weight excluding hydrogens is 361 g/mol. The molecule has 144 valence electrons. The summed E-state index contributed by atoms with van der Waals surface area (Å²) in [4.78, 5) is 26.9. The van der Waals surface area contributed by atoms with Gasteiger partial charge in [-0.25, -0.2) is 14.4 Å². The van der Waals surface area contributed by atoms with Gasteiger partial charge in [-0.2, -0.15) is 4.98 Å². The minimum Gasteiger partial charge on any atom is -0.459 e. The molecule has 0 bridgehead atoms. The van der Waals surface area contributed by atoms with E-state index in [0.29, 0.717) is 17.9 Å². The molecule has 2 aromatic heterocycles. The predicted octanol–water partition coefficient (Wildman–Crippen LogP) is 2.42. The molecule has 1 aliphatic rings. The summed E-state index contributed by atoms with van der Waals surface area (Å²) in [6, 6.07) is 9.90. The third-order valence-corrected chi connectivity index (χ3v) is 4.76. The summed E-state index contributed by atoms with van der Waals surface area (Å²) in [6.07, 6.45) is 4.59. The molecule has 0 radical (unpaired) electrons. The Morgan fingerprint density at radius 2 is 2.11 bits per heavy atom. The van der Waals surface area contributed by atoms with Crippen LogP contribution in [0.1, 0.15) is 12.8 Å². The van der Waals surface area contributed by atoms with E-state index >= 15 is 0 Å². The van der Waals surface area contributed by atoms with Gasteiger partial charge in [0.15, 0.2) is 0 Å². The summed E-state index contributed by atoms with van der Waals surface area (Å²) in [5, 5.41) is 0. The van der Waals surface area contributed by atoms with Crippen molar-refractivity contribution in [2.24, 2.45) is 7.05 Å². The van der Waals surface area contributed by atoms with Crippen molar-refractivity contribution in [1.29, 1.82) is 0 Å². The molecule has 0 spiro atoms. The van der Waals surface area contributed by atoms with E-state index in [2.05, 4.69) is 19.9 Å². The molecule has 1 aromatic carbocycles. The SMILES string of the molecule is Cn1c(OC2CCCN(c3cccc(F)c3)C2)nc(-c2ccncn2)cc1=O. The van der Waals surface area contributed by atoms with Gasteiger partial charge >= 0.3 is 0 Å². The lowest BCUT2D eigenvalue weighted by molar-refractivity contribution is 0.157. The fourth-order valence-electron chi connectivity index (χ4n) is 3.29. The van der Waals surface area contributed by atoms with Crippen LogP contribution in [0.4, 0.5) is 10.1 Å². The Morgan fingerprint density at radius 1 is 1.21 bits per heavy atom. The number of benzene rings is 1. The van der Waals surface area contributed by atoms with Gasteiger partial charge in [-0.15, -0.1) is 0 Å². The number of ether oxygens (including phenoxy) is 1. The first-order chi connectivity index (χ1) is 13.6. The number of nitrogens with zero attached hydrogens (tertiary/aromatic N) is 5. The number of hydrogen-bond donors (Lipinski definition) is 0. The zero-order valence-corrected chi connectivity index (χ0v) is 15.5. The highest BCUT2D eigenvalue weighted by Crippen LogP contribution is 2.23. The van der Waals surface area contributed by atoms with E-state index < -0.39 is 0 Å². The van der Waals surface area contributed by atoms with Gasteiger partial charge in [0.05, 0.1) is 17.9 Å². The summed E-state index contributed by atoms with van der Waals surface area (Å²) < 4.78 is 21.0. The normalized spacial score (nSPS) is 16.8. The van der Waals surface area contributed by atoms with Gasteiger partial charge in [0, 0.05) is 31.5 Å². The number of anilines is 1. The van der Waals surface area contributed by atoms with Gasteiger partial charge in [0.2, 0.25) is 0 Å². The summed E-state index contributed by atoms with van der Waals surface area (Å²) in [5.74, 6) is -0.262. The minimum absolute atomic E-state index is 0.157. The van der Waals surface area contributed by atoms with Crippen LogP contribution in [0, 0.1) is 5.82 Å². The van der Waals surface area contributed by atoms with Gasteiger partial charge in [0.1, 0.15) is 18.2 Å². The Kier molecular flexibility index (Phi) is 5.01. The number of aromatic nitrogens is 4. The van der Waals surface area contributed by atoms with Gasteiger partial charge in [-0.05, 0) is 37.1 Å². The lowest BCUT2D eigenvalue weighted by Crippen LogP contribution is -2.42. The summed E-state index contributed by atoms with van der Waals surface area (Å²) in [5.41, 5.74) is 1.60. The molecule has 0 aliphatic carbocycles. The summed E-state index contributed by atoms with van der Waals surface area (Å²) >= 11 is 0. The quantitative estimate of drug-likeness (QED) is 0.691. The van der Waals surface area contributed by atoms with Crippen molar-refractivity contribution < 1.29 is 9.13 Å². The zero-order chi connectivity index (χ0) is 19.5. The van der Waals surface area contributed by atoms with Gasteiger partial charge in [-0.3, -0.25) is 9.36 Å². The van der Waals surface area contributed by atoms with Gasteiger partial charge in [0.25, 0.3) is 11.6 Å². The highest BCUT2D eigenvalue weighted by atomic mass is 19.1. The topological polar surface area (TPSA) is 73.1 Å². The summed E-state index contributed by atoms with van der Waals surface area (Å²) in [6.45, 7) is 1.42. The largest absolute Gasteiger partial charge is 0.459 e. The second-order valence-electron chi connectivity index (χ2n) is 6.72. The predicted molar refractivity (Wildman–Crippen MR) is 103 cm³/mol. The molecule has 3 heterocycles. The Balaban J connectivity index is 1.56. The van der Waals surface area contributed by atoms with E-state index in [-0.39, 0.29) is 23.5 Å². The fraction of sp³-hybridized carbons (Fsp3) is 0.300. The fourth-order valence-corrected chi connectivity index (χ4v) is 3.29. The van der Waals surface area contributed by atoms with Crippen LogP contribution >= 0.6 is 0 Å². The van der Waals surface area contributed by atoms with E-state index in [1.807, 2.05) is 6.07 Å². The smallest absolute Gasteiger partial charge is 0.299 e. The molecule has 1 saturated heterocycles.